The number of benzene rings is 1. The lowest BCUT2D eigenvalue weighted by molar-refractivity contribution is -0.141. The van der Waals surface area contributed by atoms with Crippen molar-refractivity contribution in [2.24, 2.45) is 5.41 Å². The van der Waals surface area contributed by atoms with Crippen molar-refractivity contribution in [3.63, 3.8) is 0 Å². The molecule has 0 radical (unpaired) electrons. The van der Waals surface area contributed by atoms with E-state index in [0.29, 0.717) is 12.8 Å². The molecule has 3 rings (SSSR count). The number of imide groups is 1. The predicted octanol–water partition coefficient (Wildman–Crippen LogP) is 1.32. The summed E-state index contributed by atoms with van der Waals surface area (Å²) in [4.78, 5) is 25.6. The normalized spacial score (nSPS) is 27.8. The van der Waals surface area contributed by atoms with E-state index < -0.39 is 0 Å². The van der Waals surface area contributed by atoms with Crippen LogP contribution in [0.1, 0.15) is 24.8 Å². The van der Waals surface area contributed by atoms with Gasteiger partial charge in [0.1, 0.15) is 0 Å². The van der Waals surface area contributed by atoms with E-state index in [1.807, 2.05) is 18.2 Å². The van der Waals surface area contributed by atoms with E-state index in [4.69, 9.17) is 0 Å². The highest BCUT2D eigenvalue weighted by atomic mass is 16.2. The number of nitrogens with zero attached hydrogens (tertiary/aromatic N) is 1. The van der Waals surface area contributed by atoms with Crippen LogP contribution in [0.25, 0.3) is 0 Å². The summed E-state index contributed by atoms with van der Waals surface area (Å²) >= 11 is 0. The molecule has 4 nitrogen and oxygen atoms in total. The first-order valence-corrected chi connectivity index (χ1v) is 6.79. The molecular weight excluding hydrogens is 240 g/mol. The van der Waals surface area contributed by atoms with E-state index >= 15 is 0 Å². The van der Waals surface area contributed by atoms with Crippen molar-refractivity contribution in [1.29, 1.82) is 0 Å². The molecule has 0 aliphatic carbocycles. The van der Waals surface area contributed by atoms with E-state index in [1.165, 1.54) is 5.56 Å². The van der Waals surface area contributed by atoms with Gasteiger partial charge in [-0.25, -0.2) is 0 Å². The smallest absolute Gasteiger partial charge is 0.234 e. The van der Waals surface area contributed by atoms with Crippen LogP contribution >= 0.6 is 0 Å². The zero-order valence-electron chi connectivity index (χ0n) is 10.9. The van der Waals surface area contributed by atoms with Gasteiger partial charge in [0.2, 0.25) is 11.8 Å². The van der Waals surface area contributed by atoms with E-state index in [1.54, 1.807) is 0 Å². The van der Waals surface area contributed by atoms with Crippen LogP contribution in [0.3, 0.4) is 0 Å². The summed E-state index contributed by atoms with van der Waals surface area (Å²) in [5, 5.41) is 2.49. The summed E-state index contributed by atoms with van der Waals surface area (Å²) in [6.07, 6.45) is 2.03. The van der Waals surface area contributed by atoms with E-state index in [2.05, 4.69) is 22.3 Å². The monoisotopic (exact) mass is 258 g/mol. The largest absolute Gasteiger partial charge is 0.298 e. The molecule has 1 aromatic carbocycles. The minimum atomic E-state index is -0.331. The maximum Gasteiger partial charge on any atom is 0.234 e. The zero-order valence-corrected chi connectivity index (χ0v) is 10.9. The lowest BCUT2D eigenvalue weighted by Crippen LogP contribution is -2.49. The molecule has 1 atom stereocenters. The third-order valence-electron chi connectivity index (χ3n) is 4.25. The second-order valence-electron chi connectivity index (χ2n) is 5.60. The standard InChI is InChI=1S/C15H18N2O2/c18-13-6-7-15(14(19)16-13)8-9-17(11-15)10-12-4-2-1-3-5-12/h1-5H,6-11H2,(H,16,18,19). The van der Waals surface area contributed by atoms with E-state index in [9.17, 15) is 9.59 Å². The molecule has 19 heavy (non-hydrogen) atoms. The molecule has 1 aromatic rings. The van der Waals surface area contributed by atoms with Gasteiger partial charge in [0, 0.05) is 19.5 Å². The number of hydrogen-bond donors (Lipinski definition) is 1. The average molecular weight is 258 g/mol. The number of rotatable bonds is 2. The van der Waals surface area contributed by atoms with Gasteiger partial charge in [-0.2, -0.15) is 0 Å². The van der Waals surface area contributed by atoms with Crippen molar-refractivity contribution in [3.05, 3.63) is 35.9 Å². The summed E-state index contributed by atoms with van der Waals surface area (Å²) in [6.45, 7) is 2.57. The van der Waals surface area contributed by atoms with Gasteiger partial charge in [0.25, 0.3) is 0 Å². The van der Waals surface area contributed by atoms with Gasteiger partial charge in [0.15, 0.2) is 0 Å². The molecule has 0 bridgehead atoms. The van der Waals surface area contributed by atoms with Gasteiger partial charge in [-0.15, -0.1) is 0 Å². The molecule has 2 saturated heterocycles. The number of amides is 2. The summed E-state index contributed by atoms with van der Waals surface area (Å²) < 4.78 is 0. The van der Waals surface area contributed by atoms with Crippen molar-refractivity contribution in [1.82, 2.24) is 10.2 Å². The lowest BCUT2D eigenvalue weighted by atomic mass is 9.79. The molecule has 0 saturated carbocycles. The van der Waals surface area contributed by atoms with Crippen molar-refractivity contribution in [2.45, 2.75) is 25.8 Å². The number of nitrogens with one attached hydrogen (secondary N) is 1. The van der Waals surface area contributed by atoms with Crippen LogP contribution in [0.4, 0.5) is 0 Å². The third kappa shape index (κ3) is 2.40. The van der Waals surface area contributed by atoms with Crippen LogP contribution in [0, 0.1) is 5.41 Å². The molecule has 1 unspecified atom stereocenters. The zero-order chi connectivity index (χ0) is 13.3. The van der Waals surface area contributed by atoms with Crippen LogP contribution in [-0.2, 0) is 16.1 Å². The molecule has 2 fully saturated rings. The Morgan fingerprint density at radius 3 is 2.68 bits per heavy atom. The molecule has 2 aliphatic heterocycles. The Hall–Kier alpha value is -1.68. The number of hydrogen-bond acceptors (Lipinski definition) is 3. The topological polar surface area (TPSA) is 49.4 Å². The fourth-order valence-corrected chi connectivity index (χ4v) is 3.11. The highest BCUT2D eigenvalue weighted by molar-refractivity contribution is 6.00. The highest BCUT2D eigenvalue weighted by Crippen LogP contribution is 2.38. The molecular formula is C15H18N2O2. The molecule has 4 heteroatoms. The van der Waals surface area contributed by atoms with E-state index in [-0.39, 0.29) is 17.2 Å². The van der Waals surface area contributed by atoms with Crippen molar-refractivity contribution >= 4 is 11.8 Å². The Labute approximate surface area is 112 Å². The fourth-order valence-electron chi connectivity index (χ4n) is 3.11. The summed E-state index contributed by atoms with van der Waals surface area (Å²) in [5.41, 5.74) is 0.940. The maximum atomic E-state index is 12.1. The number of piperidine rings is 1. The predicted molar refractivity (Wildman–Crippen MR) is 71.2 cm³/mol. The van der Waals surface area contributed by atoms with Crippen molar-refractivity contribution in [3.8, 4) is 0 Å². The Bertz CT molecular complexity index is 500. The van der Waals surface area contributed by atoms with Crippen LogP contribution < -0.4 is 5.32 Å². The Kier molecular flexibility index (Phi) is 3.11. The molecule has 2 amide bonds. The van der Waals surface area contributed by atoms with E-state index in [0.717, 1.165) is 26.1 Å². The molecule has 1 spiro atoms. The third-order valence-corrected chi connectivity index (χ3v) is 4.25. The molecule has 100 valence electrons. The first-order valence-electron chi connectivity index (χ1n) is 6.79. The van der Waals surface area contributed by atoms with Gasteiger partial charge in [-0.1, -0.05) is 30.3 Å². The summed E-state index contributed by atoms with van der Waals surface area (Å²) in [6, 6.07) is 10.3. The van der Waals surface area contributed by atoms with Crippen LogP contribution in [0.2, 0.25) is 0 Å². The van der Waals surface area contributed by atoms with Gasteiger partial charge in [0.05, 0.1) is 5.41 Å². The minimum absolute atomic E-state index is 0.0701. The Morgan fingerprint density at radius 2 is 1.95 bits per heavy atom. The average Bonchev–Trinajstić information content (AvgIpc) is 2.81. The fraction of sp³-hybridized carbons (Fsp3) is 0.467. The summed E-state index contributed by atoms with van der Waals surface area (Å²) in [5.74, 6) is -0.198. The lowest BCUT2D eigenvalue weighted by Gasteiger charge is -2.31. The van der Waals surface area contributed by atoms with Gasteiger partial charge in [-0.3, -0.25) is 19.8 Å². The molecule has 2 heterocycles. The van der Waals surface area contributed by atoms with Crippen molar-refractivity contribution in [2.75, 3.05) is 13.1 Å². The highest BCUT2D eigenvalue weighted by Gasteiger charge is 2.47. The first-order chi connectivity index (χ1) is 9.18. The Morgan fingerprint density at radius 1 is 1.16 bits per heavy atom. The second-order valence-corrected chi connectivity index (χ2v) is 5.60. The molecule has 2 aliphatic rings. The SMILES string of the molecule is O=C1CCC2(CCN(Cc3ccccc3)C2)C(=O)N1. The number of likely N-dealkylation sites (tertiary alicyclic amines) is 1. The van der Waals surface area contributed by atoms with Crippen molar-refractivity contribution < 1.29 is 9.59 Å². The first kappa shape index (κ1) is 12.4. The summed E-state index contributed by atoms with van der Waals surface area (Å²) in [7, 11) is 0. The maximum absolute atomic E-state index is 12.1. The second kappa shape index (κ2) is 4.78. The van der Waals surface area contributed by atoms with Gasteiger partial charge >= 0.3 is 0 Å². The van der Waals surface area contributed by atoms with Crippen LogP contribution in [-0.4, -0.2) is 29.8 Å². The molecule has 1 N–H and O–H groups in total. The number of carbonyl (C=O) groups excluding carboxylic acids is 2. The minimum Gasteiger partial charge on any atom is -0.298 e. The van der Waals surface area contributed by atoms with Crippen LogP contribution in [0.15, 0.2) is 30.3 Å². The van der Waals surface area contributed by atoms with Gasteiger partial charge in [-0.05, 0) is 24.9 Å². The molecule has 0 aromatic heterocycles. The van der Waals surface area contributed by atoms with Gasteiger partial charge < -0.3 is 0 Å². The Balaban J connectivity index is 1.67. The number of carbonyl (C=O) groups is 2. The quantitative estimate of drug-likeness (QED) is 0.814. The van der Waals surface area contributed by atoms with Crippen LogP contribution in [0.5, 0.6) is 0 Å².